The van der Waals surface area contributed by atoms with Crippen molar-refractivity contribution < 1.29 is 8.42 Å². The van der Waals surface area contributed by atoms with E-state index in [1.165, 1.54) is 0 Å². The van der Waals surface area contributed by atoms with Crippen LogP contribution in [0.15, 0.2) is 23.1 Å². The summed E-state index contributed by atoms with van der Waals surface area (Å²) < 4.78 is 27.5. The van der Waals surface area contributed by atoms with E-state index in [1.54, 1.807) is 16.4 Å². The summed E-state index contributed by atoms with van der Waals surface area (Å²) in [4.78, 5) is 0.249. The van der Waals surface area contributed by atoms with Gasteiger partial charge in [-0.15, -0.1) is 0 Å². The smallest absolute Gasteiger partial charge is 0.244 e. The van der Waals surface area contributed by atoms with E-state index >= 15 is 0 Å². The molecule has 1 aromatic rings. The monoisotopic (exact) mass is 358 g/mol. The zero-order chi connectivity index (χ0) is 17.0. The number of benzene rings is 1. The molecule has 130 valence electrons. The van der Waals surface area contributed by atoms with Gasteiger partial charge in [-0.3, -0.25) is 0 Å². The molecule has 1 saturated heterocycles. The first-order chi connectivity index (χ1) is 10.9. The molecule has 0 aliphatic carbocycles. The number of sulfonamides is 1. The molecule has 1 aromatic carbocycles. The van der Waals surface area contributed by atoms with Gasteiger partial charge in [0, 0.05) is 13.1 Å². The van der Waals surface area contributed by atoms with Crippen molar-refractivity contribution in [2.45, 2.75) is 43.9 Å². The van der Waals surface area contributed by atoms with E-state index in [9.17, 15) is 8.42 Å². The highest BCUT2D eigenvalue weighted by Gasteiger charge is 2.31. The minimum absolute atomic E-state index is 0.249. The predicted molar refractivity (Wildman–Crippen MR) is 95.6 cm³/mol. The van der Waals surface area contributed by atoms with E-state index in [1.807, 2.05) is 27.0 Å². The number of hydrogen-bond donors (Lipinski definition) is 1. The summed E-state index contributed by atoms with van der Waals surface area (Å²) in [7, 11) is -1.56. The standard InChI is InChI=1S/C17H27ClN2O2S/c1-13(2)15-4-5-16(18)17(12-15)23(21,22)20-10-7-14(8-11-20)6-9-19-3/h4-5,12-14,19H,6-11H2,1-3H3. The molecule has 4 nitrogen and oxygen atoms in total. The second kappa shape index (κ2) is 7.97. The lowest BCUT2D eigenvalue weighted by atomic mass is 9.95. The van der Waals surface area contributed by atoms with Crippen molar-refractivity contribution in [2.75, 3.05) is 26.7 Å². The van der Waals surface area contributed by atoms with Crippen LogP contribution in [0.3, 0.4) is 0 Å². The van der Waals surface area contributed by atoms with E-state index in [0.717, 1.165) is 31.4 Å². The molecule has 1 aliphatic rings. The first kappa shape index (κ1) is 18.7. The van der Waals surface area contributed by atoms with Crippen LogP contribution in [0.1, 0.15) is 44.6 Å². The molecule has 0 unspecified atom stereocenters. The van der Waals surface area contributed by atoms with Crippen molar-refractivity contribution in [3.05, 3.63) is 28.8 Å². The van der Waals surface area contributed by atoms with Crippen LogP contribution in [0.5, 0.6) is 0 Å². The average Bonchev–Trinajstić information content (AvgIpc) is 2.53. The van der Waals surface area contributed by atoms with Crippen LogP contribution in [0.2, 0.25) is 5.02 Å². The summed E-state index contributed by atoms with van der Waals surface area (Å²) in [5.41, 5.74) is 0.997. The van der Waals surface area contributed by atoms with Gasteiger partial charge in [0.1, 0.15) is 4.90 Å². The highest BCUT2D eigenvalue weighted by atomic mass is 35.5. The molecule has 0 saturated carbocycles. The number of halogens is 1. The van der Waals surface area contributed by atoms with Gasteiger partial charge in [0.15, 0.2) is 0 Å². The summed E-state index contributed by atoms with van der Waals surface area (Å²) >= 11 is 6.19. The van der Waals surface area contributed by atoms with Crippen molar-refractivity contribution in [3.8, 4) is 0 Å². The lowest BCUT2D eigenvalue weighted by Gasteiger charge is -2.31. The molecule has 1 N–H and O–H groups in total. The molecule has 0 amide bonds. The fourth-order valence-electron chi connectivity index (χ4n) is 3.00. The molecule has 0 atom stereocenters. The van der Waals surface area contributed by atoms with E-state index in [2.05, 4.69) is 5.32 Å². The van der Waals surface area contributed by atoms with E-state index in [-0.39, 0.29) is 10.8 Å². The van der Waals surface area contributed by atoms with Crippen LogP contribution in [0.4, 0.5) is 0 Å². The van der Waals surface area contributed by atoms with Crippen LogP contribution in [-0.4, -0.2) is 39.4 Å². The fourth-order valence-corrected chi connectivity index (χ4v) is 4.98. The van der Waals surface area contributed by atoms with Crippen molar-refractivity contribution >= 4 is 21.6 Å². The summed E-state index contributed by atoms with van der Waals surface area (Å²) in [5.74, 6) is 0.875. The maximum atomic E-state index is 12.9. The molecule has 0 aromatic heterocycles. The molecule has 23 heavy (non-hydrogen) atoms. The SMILES string of the molecule is CNCCC1CCN(S(=O)(=O)c2cc(C(C)C)ccc2Cl)CC1. The van der Waals surface area contributed by atoms with Crippen LogP contribution in [0, 0.1) is 5.92 Å². The summed E-state index contributed by atoms with van der Waals surface area (Å²) in [6.07, 6.45) is 2.94. The Morgan fingerprint density at radius 3 is 2.52 bits per heavy atom. The third kappa shape index (κ3) is 4.47. The van der Waals surface area contributed by atoms with Gasteiger partial charge in [-0.1, -0.05) is 31.5 Å². The molecule has 0 radical (unpaired) electrons. The topological polar surface area (TPSA) is 49.4 Å². The Hall–Kier alpha value is -0.620. The number of piperidine rings is 1. The van der Waals surface area contributed by atoms with Crippen LogP contribution in [-0.2, 0) is 10.0 Å². The molecule has 0 spiro atoms. The average molecular weight is 359 g/mol. The van der Waals surface area contributed by atoms with Gasteiger partial charge in [0.05, 0.1) is 5.02 Å². The lowest BCUT2D eigenvalue weighted by Crippen LogP contribution is -2.39. The van der Waals surface area contributed by atoms with E-state index in [4.69, 9.17) is 11.6 Å². The number of rotatable bonds is 6. The molecular weight excluding hydrogens is 332 g/mol. The third-order valence-corrected chi connectivity index (χ3v) is 7.00. The Bertz CT molecular complexity index is 623. The Morgan fingerprint density at radius 2 is 1.96 bits per heavy atom. The molecular formula is C17H27ClN2O2S. The molecule has 1 aliphatic heterocycles. The van der Waals surface area contributed by atoms with Crippen LogP contribution < -0.4 is 5.32 Å². The zero-order valence-corrected chi connectivity index (χ0v) is 15.8. The van der Waals surface area contributed by atoms with Crippen LogP contribution >= 0.6 is 11.6 Å². The Kier molecular flexibility index (Phi) is 6.48. The van der Waals surface area contributed by atoms with Gasteiger partial charge in [-0.25, -0.2) is 8.42 Å². The molecule has 1 heterocycles. The van der Waals surface area contributed by atoms with Gasteiger partial charge in [0.2, 0.25) is 10.0 Å². The second-order valence-corrected chi connectivity index (χ2v) is 8.90. The van der Waals surface area contributed by atoms with Crippen molar-refractivity contribution in [2.24, 2.45) is 5.92 Å². The van der Waals surface area contributed by atoms with Gasteiger partial charge in [0.25, 0.3) is 0 Å². The summed E-state index contributed by atoms with van der Waals surface area (Å²) in [6.45, 7) is 6.25. The largest absolute Gasteiger partial charge is 0.320 e. The highest BCUT2D eigenvalue weighted by molar-refractivity contribution is 7.89. The molecule has 1 fully saturated rings. The summed E-state index contributed by atoms with van der Waals surface area (Å²) in [5, 5.41) is 3.47. The van der Waals surface area contributed by atoms with Crippen molar-refractivity contribution in [3.63, 3.8) is 0 Å². The molecule has 2 rings (SSSR count). The fraction of sp³-hybridized carbons (Fsp3) is 0.647. The van der Waals surface area contributed by atoms with Gasteiger partial charge in [-0.05, 0) is 62.4 Å². The number of nitrogens with one attached hydrogen (secondary N) is 1. The molecule has 6 heteroatoms. The first-order valence-corrected chi connectivity index (χ1v) is 10.1. The summed E-state index contributed by atoms with van der Waals surface area (Å²) in [6, 6.07) is 5.33. The van der Waals surface area contributed by atoms with Crippen molar-refractivity contribution in [1.82, 2.24) is 9.62 Å². The third-order valence-electron chi connectivity index (χ3n) is 4.62. The van der Waals surface area contributed by atoms with Gasteiger partial charge >= 0.3 is 0 Å². The van der Waals surface area contributed by atoms with Crippen LogP contribution in [0.25, 0.3) is 0 Å². The van der Waals surface area contributed by atoms with Crippen molar-refractivity contribution in [1.29, 1.82) is 0 Å². The normalized spacial score (nSPS) is 17.8. The minimum atomic E-state index is -3.51. The highest BCUT2D eigenvalue weighted by Crippen LogP contribution is 2.31. The number of hydrogen-bond acceptors (Lipinski definition) is 3. The van der Waals surface area contributed by atoms with Gasteiger partial charge < -0.3 is 5.32 Å². The Balaban J connectivity index is 2.15. The predicted octanol–water partition coefficient (Wildman–Crippen LogP) is 3.47. The minimum Gasteiger partial charge on any atom is -0.320 e. The quantitative estimate of drug-likeness (QED) is 0.847. The maximum Gasteiger partial charge on any atom is 0.244 e. The molecule has 0 bridgehead atoms. The second-order valence-electron chi connectivity index (χ2n) is 6.58. The Labute approximate surface area is 145 Å². The number of nitrogens with zero attached hydrogens (tertiary/aromatic N) is 1. The van der Waals surface area contributed by atoms with E-state index < -0.39 is 10.0 Å². The zero-order valence-electron chi connectivity index (χ0n) is 14.2. The lowest BCUT2D eigenvalue weighted by molar-refractivity contribution is 0.263. The Morgan fingerprint density at radius 1 is 1.30 bits per heavy atom. The maximum absolute atomic E-state index is 12.9. The first-order valence-electron chi connectivity index (χ1n) is 8.30. The van der Waals surface area contributed by atoms with E-state index in [0.29, 0.717) is 24.0 Å². The van der Waals surface area contributed by atoms with Gasteiger partial charge in [-0.2, -0.15) is 4.31 Å².